The Morgan fingerprint density at radius 1 is 1.09 bits per heavy atom. The van der Waals surface area contributed by atoms with Crippen LogP contribution in [0.25, 0.3) is 28.1 Å². The van der Waals surface area contributed by atoms with E-state index < -0.39 is 0 Å². The standard InChI is InChI=1S/C20H18FNO/c1-14(2)22-18-7-4-3-6-17(18)20(19(22)8-5-13-23)15-9-11-16(21)12-10-15/h3-14H,1-2H3/b8-5+/i20+2. The van der Waals surface area contributed by atoms with Gasteiger partial charge in [-0.2, -0.15) is 0 Å². The van der Waals surface area contributed by atoms with Gasteiger partial charge in [0.25, 0.3) is 0 Å². The molecule has 0 saturated heterocycles. The Kier molecular flexibility index (Phi) is 4.11. The lowest BCUT2D eigenvalue weighted by Crippen LogP contribution is -2.02. The van der Waals surface area contributed by atoms with Gasteiger partial charge in [-0.05, 0) is 49.8 Å². The zero-order valence-electron chi connectivity index (χ0n) is 13.2. The van der Waals surface area contributed by atoms with E-state index in [1.54, 1.807) is 12.1 Å². The van der Waals surface area contributed by atoms with Crippen molar-refractivity contribution in [2.24, 2.45) is 0 Å². The zero-order chi connectivity index (χ0) is 16.4. The number of nitrogens with zero attached hydrogens (tertiary/aromatic N) is 1. The van der Waals surface area contributed by atoms with Crippen molar-refractivity contribution in [3.63, 3.8) is 0 Å². The molecule has 0 N–H and O–H groups in total. The number of rotatable bonds is 4. The summed E-state index contributed by atoms with van der Waals surface area (Å²) in [6, 6.07) is 14.8. The second kappa shape index (κ2) is 6.21. The molecule has 2 aromatic carbocycles. The second-order valence-corrected chi connectivity index (χ2v) is 5.74. The molecule has 0 radical (unpaired) electrons. The Labute approximate surface area is 134 Å². The third kappa shape index (κ3) is 2.70. The number of fused-ring (bicyclic) bond motifs is 1. The molecule has 3 heteroatoms. The quantitative estimate of drug-likeness (QED) is 0.477. The summed E-state index contributed by atoms with van der Waals surface area (Å²) in [4.78, 5) is 10.8. The molecule has 0 aliphatic heterocycles. The Balaban J connectivity index is 2.40. The molecule has 0 amide bonds. The summed E-state index contributed by atoms with van der Waals surface area (Å²) in [5.41, 5.74) is 4.02. The molecule has 0 unspecified atom stereocenters. The van der Waals surface area contributed by atoms with E-state index in [1.165, 1.54) is 18.2 Å². The third-order valence-electron chi connectivity index (χ3n) is 3.93. The van der Waals surface area contributed by atoms with Crippen molar-refractivity contribution in [2.45, 2.75) is 19.9 Å². The first-order chi connectivity index (χ1) is 11.1. The first-order valence-corrected chi connectivity index (χ1v) is 7.64. The van der Waals surface area contributed by atoms with Gasteiger partial charge in [0.05, 0.1) is 5.69 Å². The van der Waals surface area contributed by atoms with Gasteiger partial charge in [-0.1, -0.05) is 30.3 Å². The molecule has 0 aliphatic carbocycles. The number of allylic oxidation sites excluding steroid dienone is 1. The van der Waals surface area contributed by atoms with E-state index in [2.05, 4.69) is 30.5 Å². The molecular formula is C20H18FNO. The molecule has 1 heterocycles. The van der Waals surface area contributed by atoms with Crippen LogP contribution >= 0.6 is 0 Å². The highest BCUT2D eigenvalue weighted by Gasteiger charge is 2.18. The number of aldehydes is 1. The van der Waals surface area contributed by atoms with Gasteiger partial charge in [0.1, 0.15) is 12.1 Å². The number of aromatic nitrogens is 1. The largest absolute Gasteiger partial charge is 0.338 e. The molecule has 1 aromatic heterocycles. The monoisotopic (exact) mass is 309 g/mol. The van der Waals surface area contributed by atoms with E-state index in [-0.39, 0.29) is 11.9 Å². The van der Waals surface area contributed by atoms with Crippen LogP contribution in [-0.4, -0.2) is 10.9 Å². The van der Waals surface area contributed by atoms with Crippen LogP contribution in [0.3, 0.4) is 0 Å². The zero-order valence-corrected chi connectivity index (χ0v) is 13.2. The normalized spacial score (nSPS) is 11.7. The van der Waals surface area contributed by atoms with Crippen LogP contribution in [-0.2, 0) is 4.79 Å². The summed E-state index contributed by atoms with van der Waals surface area (Å²) in [6.45, 7) is 4.22. The smallest absolute Gasteiger partial charge is 0.142 e. The first-order valence-electron chi connectivity index (χ1n) is 7.64. The lowest BCUT2D eigenvalue weighted by atomic mass is 10.2. The minimum absolute atomic E-state index is 0.236. The molecule has 3 rings (SSSR count). The molecule has 0 fully saturated rings. The average Bonchev–Trinajstić information content (AvgIpc) is 2.88. The van der Waals surface area contributed by atoms with Gasteiger partial charge in [-0.15, -0.1) is 0 Å². The van der Waals surface area contributed by atoms with Crippen LogP contribution in [0.15, 0.2) is 54.6 Å². The number of hydrogen-bond acceptors (Lipinski definition) is 1. The number of para-hydroxylation sites is 1. The van der Waals surface area contributed by atoms with E-state index in [1.807, 2.05) is 18.2 Å². The van der Waals surface area contributed by atoms with Crippen molar-refractivity contribution in [1.29, 1.82) is 0 Å². The summed E-state index contributed by atoms with van der Waals surface area (Å²) < 4.78 is 15.5. The fraction of sp³-hybridized carbons (Fsp3) is 0.150. The molecule has 116 valence electrons. The fourth-order valence-electron chi connectivity index (χ4n) is 3.05. The van der Waals surface area contributed by atoms with Crippen LogP contribution < -0.4 is 0 Å². The Morgan fingerprint density at radius 2 is 1.78 bits per heavy atom. The first kappa shape index (κ1) is 15.2. The maximum Gasteiger partial charge on any atom is 0.142 e. The van der Waals surface area contributed by atoms with Crippen LogP contribution in [0.4, 0.5) is 4.39 Å². The molecule has 3 aromatic rings. The van der Waals surface area contributed by atoms with E-state index in [0.29, 0.717) is 0 Å². The van der Waals surface area contributed by atoms with Crippen LogP contribution in [0.1, 0.15) is 25.6 Å². The maximum atomic E-state index is 13.3. The van der Waals surface area contributed by atoms with Gasteiger partial charge in [-0.25, -0.2) is 4.39 Å². The molecule has 23 heavy (non-hydrogen) atoms. The summed E-state index contributed by atoms with van der Waals surface area (Å²) in [6.07, 6.45) is 4.10. The summed E-state index contributed by atoms with van der Waals surface area (Å²) in [5, 5.41) is 1.10. The van der Waals surface area contributed by atoms with E-state index in [9.17, 15) is 9.18 Å². The van der Waals surface area contributed by atoms with Gasteiger partial charge in [0.2, 0.25) is 0 Å². The SMILES string of the molecule is CC(C)n1c(/C=C/C=O)[14c](-c2ccc(F)cc2)c2ccccc21. The van der Waals surface area contributed by atoms with Gasteiger partial charge >= 0.3 is 0 Å². The topological polar surface area (TPSA) is 22.0 Å². The number of benzene rings is 2. The number of hydrogen-bond donors (Lipinski definition) is 0. The summed E-state index contributed by atoms with van der Waals surface area (Å²) >= 11 is 0. The van der Waals surface area contributed by atoms with Gasteiger partial charge < -0.3 is 4.57 Å². The highest BCUT2D eigenvalue weighted by molar-refractivity contribution is 6.01. The second-order valence-electron chi connectivity index (χ2n) is 5.74. The number of halogens is 1. The number of carbonyl (C=O) groups is 1. The number of carbonyl (C=O) groups excluding carboxylic acids is 1. The molecule has 2 nitrogen and oxygen atoms in total. The highest BCUT2D eigenvalue weighted by atomic mass is 19.1. The fourth-order valence-corrected chi connectivity index (χ4v) is 3.05. The van der Waals surface area contributed by atoms with Crippen LogP contribution in [0.2, 0.25) is 0 Å². The average molecular weight is 309 g/mol. The predicted octanol–water partition coefficient (Wildman–Crippen LogP) is 5.24. The Morgan fingerprint density at radius 3 is 2.43 bits per heavy atom. The summed E-state index contributed by atoms with van der Waals surface area (Å²) in [7, 11) is 0. The van der Waals surface area contributed by atoms with Crippen molar-refractivity contribution < 1.29 is 9.18 Å². The van der Waals surface area contributed by atoms with Crippen molar-refractivity contribution in [2.75, 3.05) is 0 Å². The molecule has 0 aliphatic rings. The van der Waals surface area contributed by atoms with Crippen molar-refractivity contribution >= 4 is 23.3 Å². The Bertz CT molecular complexity index is 873. The van der Waals surface area contributed by atoms with E-state index in [0.717, 1.165) is 34.0 Å². The minimum atomic E-state index is -0.258. The van der Waals surface area contributed by atoms with E-state index in [4.69, 9.17) is 0 Å². The molecule has 0 spiro atoms. The minimum Gasteiger partial charge on any atom is -0.338 e. The third-order valence-corrected chi connectivity index (χ3v) is 3.93. The van der Waals surface area contributed by atoms with E-state index >= 15 is 0 Å². The van der Waals surface area contributed by atoms with Crippen molar-refractivity contribution in [3.05, 3.63) is 66.1 Å². The molecule has 0 atom stereocenters. The lowest BCUT2D eigenvalue weighted by molar-refractivity contribution is -0.104. The molecule has 0 saturated carbocycles. The molecule has 0 bridgehead atoms. The highest BCUT2D eigenvalue weighted by Crippen LogP contribution is 2.37. The van der Waals surface area contributed by atoms with Gasteiger partial charge in [0, 0.05) is 22.5 Å². The van der Waals surface area contributed by atoms with Crippen molar-refractivity contribution in [1.82, 2.24) is 4.57 Å². The predicted molar refractivity (Wildman–Crippen MR) is 92.8 cm³/mol. The van der Waals surface area contributed by atoms with Crippen LogP contribution in [0, 0.1) is 5.82 Å². The van der Waals surface area contributed by atoms with Gasteiger partial charge in [0.15, 0.2) is 0 Å². The van der Waals surface area contributed by atoms with Gasteiger partial charge in [-0.3, -0.25) is 4.79 Å². The summed E-state index contributed by atoms with van der Waals surface area (Å²) in [5.74, 6) is -0.258. The molecular weight excluding hydrogens is 291 g/mol. The van der Waals surface area contributed by atoms with Crippen LogP contribution in [0.5, 0.6) is 0 Å². The Hall–Kier alpha value is -2.68. The lowest BCUT2D eigenvalue weighted by Gasteiger charge is -2.13. The maximum absolute atomic E-state index is 13.3. The van der Waals surface area contributed by atoms with Crippen molar-refractivity contribution in [3.8, 4) is 11.1 Å².